The fourth-order valence-corrected chi connectivity index (χ4v) is 2.24. The van der Waals surface area contributed by atoms with Gasteiger partial charge in [-0.2, -0.15) is 0 Å². The standard InChI is InChI=1S/C13H16N4O2/c18-10-2-3-11-12(9-19-13(11)8-10)14-4-1-6-17-7-5-15-16-17/h2-3,5,7-8,12,14,18H,1,4,6,9H2. The minimum absolute atomic E-state index is 0.200. The third-order valence-corrected chi connectivity index (χ3v) is 3.20. The van der Waals surface area contributed by atoms with Crippen LogP contribution in [0.5, 0.6) is 11.5 Å². The number of hydrogen-bond acceptors (Lipinski definition) is 5. The number of benzene rings is 1. The van der Waals surface area contributed by atoms with Crippen LogP contribution in [-0.4, -0.2) is 33.3 Å². The van der Waals surface area contributed by atoms with Gasteiger partial charge in [0.1, 0.15) is 18.1 Å². The van der Waals surface area contributed by atoms with Crippen molar-refractivity contribution in [2.24, 2.45) is 0 Å². The first-order chi connectivity index (χ1) is 9.33. The predicted octanol–water partition coefficient (Wildman–Crippen LogP) is 1.10. The molecule has 0 spiro atoms. The molecule has 1 aromatic heterocycles. The van der Waals surface area contributed by atoms with Crippen LogP contribution in [0, 0.1) is 0 Å². The number of aryl methyl sites for hydroxylation is 1. The molecule has 6 heteroatoms. The highest BCUT2D eigenvalue weighted by atomic mass is 16.5. The normalized spacial score (nSPS) is 17.2. The molecule has 2 heterocycles. The van der Waals surface area contributed by atoms with Gasteiger partial charge in [-0.15, -0.1) is 5.10 Å². The van der Waals surface area contributed by atoms with E-state index >= 15 is 0 Å². The highest BCUT2D eigenvalue weighted by Crippen LogP contribution is 2.34. The molecular formula is C13H16N4O2. The highest BCUT2D eigenvalue weighted by Gasteiger charge is 2.23. The Bertz CT molecular complexity index is 542. The van der Waals surface area contributed by atoms with Crippen molar-refractivity contribution in [2.75, 3.05) is 13.2 Å². The van der Waals surface area contributed by atoms with Crippen molar-refractivity contribution in [3.63, 3.8) is 0 Å². The fraction of sp³-hybridized carbons (Fsp3) is 0.385. The van der Waals surface area contributed by atoms with E-state index in [0.717, 1.165) is 30.8 Å². The van der Waals surface area contributed by atoms with Gasteiger partial charge >= 0.3 is 0 Å². The number of hydrogen-bond donors (Lipinski definition) is 2. The molecular weight excluding hydrogens is 244 g/mol. The lowest BCUT2D eigenvalue weighted by molar-refractivity contribution is 0.309. The van der Waals surface area contributed by atoms with E-state index in [1.165, 1.54) is 0 Å². The molecule has 0 bridgehead atoms. The molecule has 0 aliphatic carbocycles. The summed E-state index contributed by atoms with van der Waals surface area (Å²) in [6.07, 6.45) is 4.52. The number of aromatic nitrogens is 3. The van der Waals surface area contributed by atoms with Gasteiger partial charge in [-0.1, -0.05) is 5.21 Å². The topological polar surface area (TPSA) is 72.2 Å². The van der Waals surface area contributed by atoms with Gasteiger partial charge in [-0.3, -0.25) is 4.68 Å². The molecule has 1 aliphatic heterocycles. The Labute approximate surface area is 111 Å². The van der Waals surface area contributed by atoms with E-state index in [-0.39, 0.29) is 11.8 Å². The Morgan fingerprint density at radius 3 is 3.26 bits per heavy atom. The van der Waals surface area contributed by atoms with Gasteiger partial charge < -0.3 is 15.2 Å². The SMILES string of the molecule is Oc1ccc2c(c1)OCC2NCCCn1ccnn1. The molecule has 0 saturated carbocycles. The molecule has 6 nitrogen and oxygen atoms in total. The monoisotopic (exact) mass is 260 g/mol. The molecule has 2 aromatic rings. The second-order valence-corrected chi connectivity index (χ2v) is 4.56. The van der Waals surface area contributed by atoms with Crippen LogP contribution < -0.4 is 10.1 Å². The van der Waals surface area contributed by atoms with Crippen molar-refractivity contribution in [3.8, 4) is 11.5 Å². The predicted molar refractivity (Wildman–Crippen MR) is 69.0 cm³/mol. The lowest BCUT2D eigenvalue weighted by atomic mass is 10.1. The first kappa shape index (κ1) is 12.0. The average molecular weight is 260 g/mol. The van der Waals surface area contributed by atoms with E-state index in [1.807, 2.05) is 16.9 Å². The van der Waals surface area contributed by atoms with Gasteiger partial charge in [-0.05, 0) is 25.1 Å². The van der Waals surface area contributed by atoms with E-state index in [2.05, 4.69) is 15.6 Å². The van der Waals surface area contributed by atoms with Crippen molar-refractivity contribution in [3.05, 3.63) is 36.2 Å². The van der Waals surface area contributed by atoms with E-state index in [1.54, 1.807) is 18.3 Å². The van der Waals surface area contributed by atoms with Gasteiger partial charge in [0.15, 0.2) is 0 Å². The molecule has 1 aromatic carbocycles. The van der Waals surface area contributed by atoms with Crippen molar-refractivity contribution in [2.45, 2.75) is 19.0 Å². The summed E-state index contributed by atoms with van der Waals surface area (Å²) in [5, 5.41) is 20.5. The number of fused-ring (bicyclic) bond motifs is 1. The number of phenolic OH excluding ortho intramolecular Hbond substituents is 1. The molecule has 0 amide bonds. The number of phenols is 1. The van der Waals surface area contributed by atoms with Crippen LogP contribution in [0.15, 0.2) is 30.6 Å². The van der Waals surface area contributed by atoms with Gasteiger partial charge in [0.05, 0.1) is 12.2 Å². The molecule has 1 unspecified atom stereocenters. The minimum Gasteiger partial charge on any atom is -0.508 e. The van der Waals surface area contributed by atoms with Gasteiger partial charge in [-0.25, -0.2) is 0 Å². The zero-order chi connectivity index (χ0) is 13.1. The summed E-state index contributed by atoms with van der Waals surface area (Å²) < 4.78 is 7.36. The maximum atomic E-state index is 9.39. The molecule has 100 valence electrons. The molecule has 0 radical (unpaired) electrons. The average Bonchev–Trinajstić information content (AvgIpc) is 3.03. The number of ether oxygens (including phenoxy) is 1. The molecule has 1 atom stereocenters. The highest BCUT2D eigenvalue weighted by molar-refractivity contribution is 5.44. The molecule has 0 saturated heterocycles. The molecule has 2 N–H and O–H groups in total. The fourth-order valence-electron chi connectivity index (χ4n) is 2.24. The molecule has 0 fully saturated rings. The second-order valence-electron chi connectivity index (χ2n) is 4.56. The lowest BCUT2D eigenvalue weighted by Gasteiger charge is -2.11. The summed E-state index contributed by atoms with van der Waals surface area (Å²) in [7, 11) is 0. The van der Waals surface area contributed by atoms with E-state index in [4.69, 9.17) is 4.74 Å². The van der Waals surface area contributed by atoms with Crippen molar-refractivity contribution in [1.82, 2.24) is 20.3 Å². The molecule has 3 rings (SSSR count). The first-order valence-corrected chi connectivity index (χ1v) is 6.36. The van der Waals surface area contributed by atoms with E-state index < -0.39 is 0 Å². The molecule has 1 aliphatic rings. The van der Waals surface area contributed by atoms with Crippen LogP contribution in [0.25, 0.3) is 0 Å². The maximum Gasteiger partial charge on any atom is 0.127 e. The van der Waals surface area contributed by atoms with Crippen LogP contribution in [-0.2, 0) is 6.54 Å². The summed E-state index contributed by atoms with van der Waals surface area (Å²) in [5.41, 5.74) is 1.11. The van der Waals surface area contributed by atoms with Crippen LogP contribution in [0.2, 0.25) is 0 Å². The van der Waals surface area contributed by atoms with Crippen LogP contribution >= 0.6 is 0 Å². The van der Waals surface area contributed by atoms with Gasteiger partial charge in [0.25, 0.3) is 0 Å². The second kappa shape index (κ2) is 5.27. The summed E-state index contributed by atoms with van der Waals surface area (Å²) >= 11 is 0. The van der Waals surface area contributed by atoms with Crippen molar-refractivity contribution < 1.29 is 9.84 Å². The number of nitrogens with zero attached hydrogens (tertiary/aromatic N) is 3. The Balaban J connectivity index is 1.50. The van der Waals surface area contributed by atoms with Crippen molar-refractivity contribution in [1.29, 1.82) is 0 Å². The quantitative estimate of drug-likeness (QED) is 0.788. The molecule has 19 heavy (non-hydrogen) atoms. The van der Waals surface area contributed by atoms with Crippen molar-refractivity contribution >= 4 is 0 Å². The van der Waals surface area contributed by atoms with E-state index in [0.29, 0.717) is 6.61 Å². The zero-order valence-electron chi connectivity index (χ0n) is 10.5. The number of rotatable bonds is 5. The largest absolute Gasteiger partial charge is 0.508 e. The minimum atomic E-state index is 0.200. The number of nitrogens with one attached hydrogen (secondary N) is 1. The van der Waals surface area contributed by atoms with Crippen LogP contribution in [0.4, 0.5) is 0 Å². The Kier molecular flexibility index (Phi) is 3.33. The van der Waals surface area contributed by atoms with Crippen LogP contribution in [0.1, 0.15) is 18.0 Å². The Morgan fingerprint density at radius 2 is 2.42 bits per heavy atom. The maximum absolute atomic E-state index is 9.39. The van der Waals surface area contributed by atoms with Gasteiger partial charge in [0.2, 0.25) is 0 Å². The lowest BCUT2D eigenvalue weighted by Crippen LogP contribution is -2.24. The number of aromatic hydroxyl groups is 1. The summed E-state index contributed by atoms with van der Waals surface area (Å²) in [6.45, 7) is 2.35. The summed E-state index contributed by atoms with van der Waals surface area (Å²) in [6, 6.07) is 5.46. The smallest absolute Gasteiger partial charge is 0.127 e. The van der Waals surface area contributed by atoms with Gasteiger partial charge in [0, 0.05) is 24.4 Å². The zero-order valence-corrected chi connectivity index (χ0v) is 10.5. The summed E-state index contributed by atoms with van der Waals surface area (Å²) in [4.78, 5) is 0. The third-order valence-electron chi connectivity index (χ3n) is 3.20. The van der Waals surface area contributed by atoms with E-state index in [9.17, 15) is 5.11 Å². The Morgan fingerprint density at radius 1 is 1.47 bits per heavy atom. The first-order valence-electron chi connectivity index (χ1n) is 6.36. The third kappa shape index (κ3) is 2.68. The summed E-state index contributed by atoms with van der Waals surface area (Å²) in [5.74, 6) is 1.01. The van der Waals surface area contributed by atoms with Crippen LogP contribution in [0.3, 0.4) is 0 Å². The Hall–Kier alpha value is -2.08.